The maximum atomic E-state index is 13.4. The molecule has 28 heavy (non-hydrogen) atoms. The predicted molar refractivity (Wildman–Crippen MR) is 111 cm³/mol. The van der Waals surface area contributed by atoms with E-state index in [2.05, 4.69) is 6.92 Å². The molecule has 2 aliphatic rings. The minimum atomic E-state index is -0.267. The smallest absolute Gasteiger partial charge is 0.282 e. The third-order valence-electron chi connectivity index (χ3n) is 5.52. The number of rotatable bonds is 5. The number of carbonyl (C=O) groups is 2. The van der Waals surface area contributed by atoms with Crippen molar-refractivity contribution in [3.8, 4) is 0 Å². The van der Waals surface area contributed by atoms with Crippen molar-refractivity contribution >= 4 is 34.4 Å². The van der Waals surface area contributed by atoms with Crippen molar-refractivity contribution in [1.82, 2.24) is 4.90 Å². The third kappa shape index (κ3) is 3.27. The molecule has 0 radical (unpaired) electrons. The van der Waals surface area contributed by atoms with Crippen molar-refractivity contribution < 1.29 is 14.7 Å². The first-order chi connectivity index (χ1) is 13.6. The van der Waals surface area contributed by atoms with E-state index in [0.717, 1.165) is 36.2 Å². The van der Waals surface area contributed by atoms with E-state index >= 15 is 0 Å². The van der Waals surface area contributed by atoms with Gasteiger partial charge in [0.05, 0.1) is 11.3 Å². The molecule has 3 heterocycles. The van der Waals surface area contributed by atoms with Crippen molar-refractivity contribution in [1.29, 1.82) is 0 Å². The zero-order valence-electron chi connectivity index (χ0n) is 15.9. The molecular formula is C22H24N2O3S. The standard InChI is InChI=1S/C22H24N2O3S/c1-2-15-7-9-17(10-8-15)24-21(26)19(18-6-4-12-28-18)20(22(24)27)23-11-3-5-16(13-23)14-25/h4,6-10,12,16,25H,2-3,5,11,13-14H2,1H3. The first kappa shape index (κ1) is 18.9. The van der Waals surface area contributed by atoms with Gasteiger partial charge in [-0.05, 0) is 54.3 Å². The Hall–Kier alpha value is -2.44. The highest BCUT2D eigenvalue weighted by Crippen LogP contribution is 2.37. The number of likely N-dealkylation sites (tertiary alicyclic amines) is 1. The molecule has 5 nitrogen and oxygen atoms in total. The monoisotopic (exact) mass is 396 g/mol. The van der Waals surface area contributed by atoms with Crippen LogP contribution < -0.4 is 4.90 Å². The van der Waals surface area contributed by atoms with Crippen molar-refractivity contribution in [3.63, 3.8) is 0 Å². The van der Waals surface area contributed by atoms with Crippen LogP contribution in [0.3, 0.4) is 0 Å². The van der Waals surface area contributed by atoms with Crippen LogP contribution in [0.4, 0.5) is 5.69 Å². The maximum Gasteiger partial charge on any atom is 0.282 e. The number of aliphatic hydroxyl groups excluding tert-OH is 1. The van der Waals surface area contributed by atoms with Crippen LogP contribution in [0.5, 0.6) is 0 Å². The molecule has 2 aromatic rings. The topological polar surface area (TPSA) is 60.9 Å². The number of hydrogen-bond acceptors (Lipinski definition) is 5. The third-order valence-corrected chi connectivity index (χ3v) is 6.41. The van der Waals surface area contributed by atoms with E-state index < -0.39 is 0 Å². The fourth-order valence-electron chi connectivity index (χ4n) is 3.99. The second-order valence-corrected chi connectivity index (χ2v) is 8.25. The summed E-state index contributed by atoms with van der Waals surface area (Å²) in [5, 5.41) is 11.5. The van der Waals surface area contributed by atoms with Gasteiger partial charge in [0, 0.05) is 24.6 Å². The van der Waals surface area contributed by atoms with Gasteiger partial charge in [-0.2, -0.15) is 0 Å². The molecule has 1 aromatic heterocycles. The fourth-order valence-corrected chi connectivity index (χ4v) is 4.75. The number of nitrogens with zero attached hydrogens (tertiary/aromatic N) is 2. The molecule has 1 aromatic carbocycles. The summed E-state index contributed by atoms with van der Waals surface area (Å²) in [5.41, 5.74) is 2.73. The van der Waals surface area contributed by atoms with Gasteiger partial charge in [0.2, 0.25) is 0 Å². The molecule has 0 bridgehead atoms. The summed E-state index contributed by atoms with van der Waals surface area (Å²) in [6.07, 6.45) is 2.75. The summed E-state index contributed by atoms with van der Waals surface area (Å²) in [5.74, 6) is -0.402. The number of anilines is 1. The van der Waals surface area contributed by atoms with Gasteiger partial charge < -0.3 is 10.0 Å². The molecule has 2 aliphatic heterocycles. The lowest BCUT2D eigenvalue weighted by atomic mass is 9.98. The van der Waals surface area contributed by atoms with Crippen molar-refractivity contribution in [3.05, 3.63) is 57.9 Å². The Morgan fingerprint density at radius 2 is 1.93 bits per heavy atom. The highest BCUT2D eigenvalue weighted by molar-refractivity contribution is 7.11. The van der Waals surface area contributed by atoms with Gasteiger partial charge >= 0.3 is 0 Å². The van der Waals surface area contributed by atoms with E-state index in [4.69, 9.17) is 0 Å². The number of amides is 2. The average molecular weight is 397 g/mol. The first-order valence-corrected chi connectivity index (χ1v) is 10.6. The van der Waals surface area contributed by atoms with Crippen molar-refractivity contribution in [2.24, 2.45) is 5.92 Å². The second-order valence-electron chi connectivity index (χ2n) is 7.30. The van der Waals surface area contributed by atoms with Crippen LogP contribution in [0, 0.1) is 5.92 Å². The number of carbonyl (C=O) groups excluding carboxylic acids is 2. The Kier molecular flexibility index (Phi) is 5.33. The largest absolute Gasteiger partial charge is 0.396 e. The Morgan fingerprint density at radius 1 is 1.14 bits per heavy atom. The van der Waals surface area contributed by atoms with Gasteiger partial charge in [0.1, 0.15) is 5.70 Å². The lowest BCUT2D eigenvalue weighted by molar-refractivity contribution is -0.120. The van der Waals surface area contributed by atoms with Gasteiger partial charge in [-0.1, -0.05) is 25.1 Å². The van der Waals surface area contributed by atoms with Gasteiger partial charge in [-0.25, -0.2) is 4.90 Å². The summed E-state index contributed by atoms with van der Waals surface area (Å²) in [7, 11) is 0. The van der Waals surface area contributed by atoms with E-state index in [1.165, 1.54) is 16.2 Å². The Balaban J connectivity index is 1.75. The second kappa shape index (κ2) is 7.89. The number of piperidine rings is 1. The van der Waals surface area contributed by atoms with Crippen LogP contribution in [0.25, 0.3) is 5.57 Å². The highest BCUT2D eigenvalue weighted by atomic mass is 32.1. The minimum absolute atomic E-state index is 0.0996. The van der Waals surface area contributed by atoms with Crippen molar-refractivity contribution in [2.45, 2.75) is 26.2 Å². The lowest BCUT2D eigenvalue weighted by Gasteiger charge is -2.34. The Bertz CT molecular complexity index is 902. The molecule has 1 fully saturated rings. The normalized spacial score (nSPS) is 20.4. The van der Waals surface area contributed by atoms with Gasteiger partial charge in [0.25, 0.3) is 11.8 Å². The van der Waals surface area contributed by atoms with Gasteiger partial charge in [-0.15, -0.1) is 11.3 Å². The summed E-state index contributed by atoms with van der Waals surface area (Å²) in [6, 6.07) is 11.4. The molecule has 1 saturated heterocycles. The number of imide groups is 1. The zero-order chi connectivity index (χ0) is 19.7. The lowest BCUT2D eigenvalue weighted by Crippen LogP contribution is -2.40. The number of aliphatic hydroxyl groups is 1. The van der Waals surface area contributed by atoms with Crippen LogP contribution >= 0.6 is 11.3 Å². The SMILES string of the molecule is CCc1ccc(N2C(=O)C(c3cccs3)=C(N3CCCC(CO)C3)C2=O)cc1. The molecule has 0 saturated carbocycles. The molecular weight excluding hydrogens is 372 g/mol. The first-order valence-electron chi connectivity index (χ1n) is 9.75. The number of aryl methyl sites for hydroxylation is 1. The minimum Gasteiger partial charge on any atom is -0.396 e. The summed E-state index contributed by atoms with van der Waals surface area (Å²) in [4.78, 5) is 30.9. The van der Waals surface area contributed by atoms with Crippen LogP contribution in [-0.2, 0) is 16.0 Å². The molecule has 1 unspecified atom stereocenters. The van der Waals surface area contributed by atoms with Gasteiger partial charge in [-0.3, -0.25) is 9.59 Å². The maximum absolute atomic E-state index is 13.4. The Labute approximate surface area is 168 Å². The molecule has 6 heteroatoms. The molecule has 0 aliphatic carbocycles. The quantitative estimate of drug-likeness (QED) is 0.788. The molecule has 2 amide bonds. The number of hydrogen-bond donors (Lipinski definition) is 1. The summed E-state index contributed by atoms with van der Waals surface area (Å²) >= 11 is 1.47. The van der Waals surface area contributed by atoms with Crippen molar-refractivity contribution in [2.75, 3.05) is 24.6 Å². The molecule has 0 spiro atoms. The number of thiophene rings is 1. The zero-order valence-corrected chi connectivity index (χ0v) is 16.7. The van der Waals surface area contributed by atoms with E-state index in [-0.39, 0.29) is 24.3 Å². The van der Waals surface area contributed by atoms with Crippen LogP contribution in [0.2, 0.25) is 0 Å². The molecule has 146 valence electrons. The summed E-state index contributed by atoms with van der Waals surface area (Å²) in [6.45, 7) is 3.50. The highest BCUT2D eigenvalue weighted by Gasteiger charge is 2.43. The Morgan fingerprint density at radius 3 is 2.57 bits per heavy atom. The fraction of sp³-hybridized carbons (Fsp3) is 0.364. The molecule has 1 N–H and O–H groups in total. The van der Waals surface area contributed by atoms with Crippen LogP contribution in [0.1, 0.15) is 30.2 Å². The van der Waals surface area contributed by atoms with Gasteiger partial charge in [0.15, 0.2) is 0 Å². The van der Waals surface area contributed by atoms with E-state index in [1.54, 1.807) is 0 Å². The van der Waals surface area contributed by atoms with E-state index in [1.807, 2.05) is 46.7 Å². The van der Waals surface area contributed by atoms with Crippen LogP contribution in [-0.4, -0.2) is 41.5 Å². The summed E-state index contributed by atoms with van der Waals surface area (Å²) < 4.78 is 0. The van der Waals surface area contributed by atoms with E-state index in [0.29, 0.717) is 23.5 Å². The predicted octanol–water partition coefficient (Wildman–Crippen LogP) is 3.30. The molecule has 1 atom stereocenters. The average Bonchev–Trinajstić information content (AvgIpc) is 3.34. The number of benzene rings is 1. The molecule has 4 rings (SSSR count). The van der Waals surface area contributed by atoms with Crippen LogP contribution in [0.15, 0.2) is 47.5 Å². The van der Waals surface area contributed by atoms with E-state index in [9.17, 15) is 14.7 Å².